The SMILES string of the molecule is Cc1c[pH]c(C(=O)CCC(=O)ON2C(=O)CCC2=O)c1C. The van der Waals surface area contributed by atoms with E-state index in [1.54, 1.807) is 0 Å². The summed E-state index contributed by atoms with van der Waals surface area (Å²) in [5.41, 5.74) is 2.06. The van der Waals surface area contributed by atoms with Crippen LogP contribution in [0.25, 0.3) is 0 Å². The van der Waals surface area contributed by atoms with Gasteiger partial charge in [0, 0.05) is 24.6 Å². The maximum Gasteiger partial charge on any atom is 0.333 e. The van der Waals surface area contributed by atoms with Crippen LogP contribution in [0.15, 0.2) is 5.80 Å². The number of aryl methyl sites for hydroxylation is 1. The lowest BCUT2D eigenvalue weighted by Gasteiger charge is -2.12. The molecular weight excluding hydrogens is 293 g/mol. The highest BCUT2D eigenvalue weighted by Gasteiger charge is 2.32. The predicted molar refractivity (Wildman–Crippen MR) is 76.2 cm³/mol. The number of hydroxylamine groups is 2. The molecule has 1 fully saturated rings. The van der Waals surface area contributed by atoms with Crippen LogP contribution < -0.4 is 0 Å². The summed E-state index contributed by atoms with van der Waals surface area (Å²) in [6.07, 6.45) is -0.00156. The molecule has 0 aliphatic carbocycles. The summed E-state index contributed by atoms with van der Waals surface area (Å²) in [5.74, 6) is 0.138. The van der Waals surface area contributed by atoms with Gasteiger partial charge in [-0.3, -0.25) is 14.4 Å². The Kier molecular flexibility index (Phi) is 4.58. The van der Waals surface area contributed by atoms with E-state index in [0.29, 0.717) is 13.3 Å². The minimum absolute atomic E-state index is 0.0237. The van der Waals surface area contributed by atoms with Crippen molar-refractivity contribution in [3.05, 3.63) is 22.2 Å². The molecule has 1 unspecified atom stereocenters. The summed E-state index contributed by atoms with van der Waals surface area (Å²) < 4.78 is 0. The molecule has 2 heterocycles. The molecule has 2 rings (SSSR count). The highest BCUT2D eigenvalue weighted by atomic mass is 31.0. The Bertz CT molecular complexity index is 603. The predicted octanol–water partition coefficient (Wildman–Crippen LogP) is 1.90. The fourth-order valence-corrected chi connectivity index (χ4v) is 3.31. The number of nitrogens with zero attached hydrogens (tertiary/aromatic N) is 1. The number of carbonyl (C=O) groups is 4. The van der Waals surface area contributed by atoms with Gasteiger partial charge < -0.3 is 4.84 Å². The highest BCUT2D eigenvalue weighted by molar-refractivity contribution is 7.32. The van der Waals surface area contributed by atoms with Crippen LogP contribution in [0.1, 0.15) is 46.9 Å². The van der Waals surface area contributed by atoms with Gasteiger partial charge in [-0.2, -0.15) is 0 Å². The molecule has 112 valence electrons. The van der Waals surface area contributed by atoms with E-state index in [2.05, 4.69) is 0 Å². The summed E-state index contributed by atoms with van der Waals surface area (Å²) >= 11 is 0. The van der Waals surface area contributed by atoms with Crippen molar-refractivity contribution in [2.24, 2.45) is 0 Å². The van der Waals surface area contributed by atoms with E-state index >= 15 is 0 Å². The van der Waals surface area contributed by atoms with Crippen LogP contribution in [0.4, 0.5) is 0 Å². The third-order valence-corrected chi connectivity index (χ3v) is 4.95. The summed E-state index contributed by atoms with van der Waals surface area (Å²) in [7, 11) is 0.339. The monoisotopic (exact) mass is 309 g/mol. The fraction of sp³-hybridized carbons (Fsp3) is 0.429. The van der Waals surface area contributed by atoms with Gasteiger partial charge in [0.1, 0.15) is 0 Å². The maximum atomic E-state index is 12.0. The Labute approximate surface area is 123 Å². The van der Waals surface area contributed by atoms with Crippen LogP contribution in [0.3, 0.4) is 0 Å². The van der Waals surface area contributed by atoms with Gasteiger partial charge in [-0.15, -0.1) is 13.3 Å². The average Bonchev–Trinajstić information content (AvgIpc) is 2.94. The molecule has 0 spiro atoms. The molecule has 1 aliphatic heterocycles. The van der Waals surface area contributed by atoms with Crippen molar-refractivity contribution >= 4 is 31.8 Å². The Balaban J connectivity index is 1.87. The van der Waals surface area contributed by atoms with Crippen molar-refractivity contribution in [1.82, 2.24) is 5.06 Å². The summed E-state index contributed by atoms with van der Waals surface area (Å²) in [5, 5.41) is 1.24. The Morgan fingerprint density at radius 1 is 1.19 bits per heavy atom. The lowest BCUT2D eigenvalue weighted by Crippen LogP contribution is -2.32. The van der Waals surface area contributed by atoms with Crippen molar-refractivity contribution < 1.29 is 24.0 Å². The van der Waals surface area contributed by atoms with Crippen molar-refractivity contribution in [3.63, 3.8) is 0 Å². The van der Waals surface area contributed by atoms with Crippen LogP contribution in [-0.2, 0) is 19.2 Å². The minimum Gasteiger partial charge on any atom is -0.330 e. The normalized spacial score (nSPS) is 15.0. The first-order chi connectivity index (χ1) is 9.90. The summed E-state index contributed by atoms with van der Waals surface area (Å²) in [4.78, 5) is 50.9. The lowest BCUT2D eigenvalue weighted by atomic mass is 10.1. The molecule has 1 saturated heterocycles. The van der Waals surface area contributed by atoms with Gasteiger partial charge >= 0.3 is 5.97 Å². The van der Waals surface area contributed by atoms with Gasteiger partial charge in [-0.25, -0.2) is 4.79 Å². The average molecular weight is 309 g/mol. The number of amides is 2. The first-order valence-electron chi connectivity index (χ1n) is 6.64. The number of rotatable bonds is 5. The van der Waals surface area contributed by atoms with Gasteiger partial charge in [0.2, 0.25) is 0 Å². The van der Waals surface area contributed by atoms with Crippen LogP contribution in [0.5, 0.6) is 0 Å². The molecule has 0 radical (unpaired) electrons. The molecule has 7 heteroatoms. The summed E-state index contributed by atoms with van der Waals surface area (Å²) in [6, 6.07) is 0. The maximum absolute atomic E-state index is 12.0. The van der Waals surface area contributed by atoms with E-state index < -0.39 is 17.8 Å². The van der Waals surface area contributed by atoms with Crippen LogP contribution in [-0.4, -0.2) is 28.6 Å². The van der Waals surface area contributed by atoms with E-state index in [1.807, 2.05) is 19.6 Å². The number of ketones is 1. The van der Waals surface area contributed by atoms with E-state index in [1.165, 1.54) is 0 Å². The molecule has 1 aromatic heterocycles. The zero-order valence-corrected chi connectivity index (χ0v) is 12.9. The molecule has 0 bridgehead atoms. The number of hydrogen-bond acceptors (Lipinski definition) is 5. The molecule has 1 aromatic rings. The van der Waals surface area contributed by atoms with E-state index in [-0.39, 0.29) is 31.5 Å². The molecule has 2 amide bonds. The van der Waals surface area contributed by atoms with Crippen molar-refractivity contribution in [2.75, 3.05) is 0 Å². The number of hydrogen-bond donors (Lipinski definition) is 0. The van der Waals surface area contributed by atoms with E-state index in [0.717, 1.165) is 16.4 Å². The largest absolute Gasteiger partial charge is 0.333 e. The molecular formula is C14H16NO5P. The number of Topliss-reactive ketones (excluding diaryl/α,β-unsaturated/α-hetero) is 1. The molecule has 6 nitrogen and oxygen atoms in total. The highest BCUT2D eigenvalue weighted by Crippen LogP contribution is 2.27. The standard InChI is InChI=1S/C14H16NO5P/c1-8-7-21-14(9(8)2)10(16)3-6-13(19)20-15-11(17)4-5-12(15)18/h7,21H,3-6H2,1-2H3. The van der Waals surface area contributed by atoms with E-state index in [4.69, 9.17) is 4.84 Å². The smallest absolute Gasteiger partial charge is 0.330 e. The van der Waals surface area contributed by atoms with Gasteiger partial charge in [0.15, 0.2) is 5.78 Å². The summed E-state index contributed by atoms with van der Waals surface area (Å²) in [6.45, 7) is 3.83. The van der Waals surface area contributed by atoms with Crippen molar-refractivity contribution in [2.45, 2.75) is 39.5 Å². The second-order valence-electron chi connectivity index (χ2n) is 4.94. The van der Waals surface area contributed by atoms with Crippen LogP contribution in [0, 0.1) is 13.8 Å². The van der Waals surface area contributed by atoms with Crippen LogP contribution >= 0.6 is 8.19 Å². The number of imide groups is 1. The van der Waals surface area contributed by atoms with Crippen molar-refractivity contribution in [1.29, 1.82) is 0 Å². The van der Waals surface area contributed by atoms with Crippen molar-refractivity contribution in [3.8, 4) is 0 Å². The van der Waals surface area contributed by atoms with E-state index in [9.17, 15) is 19.2 Å². The zero-order chi connectivity index (χ0) is 15.6. The lowest BCUT2D eigenvalue weighted by molar-refractivity contribution is -0.197. The minimum atomic E-state index is -0.740. The van der Waals surface area contributed by atoms with Crippen LogP contribution in [0.2, 0.25) is 0 Å². The Hall–Kier alpha value is -1.94. The Morgan fingerprint density at radius 3 is 2.33 bits per heavy atom. The fourth-order valence-electron chi connectivity index (χ4n) is 2.03. The first-order valence-corrected chi connectivity index (χ1v) is 7.72. The van der Waals surface area contributed by atoms with Gasteiger partial charge in [0.05, 0.1) is 6.42 Å². The topological polar surface area (TPSA) is 80.8 Å². The third kappa shape index (κ3) is 3.39. The zero-order valence-electron chi connectivity index (χ0n) is 11.9. The first kappa shape index (κ1) is 15.4. The molecule has 0 aromatic carbocycles. The molecule has 1 atom stereocenters. The quantitative estimate of drug-likeness (QED) is 0.613. The van der Waals surface area contributed by atoms with Gasteiger partial charge in [-0.1, -0.05) is 0 Å². The Morgan fingerprint density at radius 2 is 1.81 bits per heavy atom. The second kappa shape index (κ2) is 6.22. The van der Waals surface area contributed by atoms with Gasteiger partial charge in [-0.05, 0) is 30.8 Å². The number of carbonyl (C=O) groups excluding carboxylic acids is 4. The van der Waals surface area contributed by atoms with Gasteiger partial charge in [0.25, 0.3) is 11.8 Å². The molecule has 0 N–H and O–H groups in total. The third-order valence-electron chi connectivity index (χ3n) is 3.43. The second-order valence-corrected chi connectivity index (χ2v) is 6.02. The molecule has 21 heavy (non-hydrogen) atoms. The molecule has 1 aliphatic rings. The molecule has 0 saturated carbocycles.